The minimum Gasteiger partial charge on any atom is -0.382 e. The first-order valence-corrected chi connectivity index (χ1v) is 8.33. The smallest absolute Gasteiger partial charge is 0.230 e. The van der Waals surface area contributed by atoms with Crippen LogP contribution in [0.5, 0.6) is 0 Å². The van der Waals surface area contributed by atoms with Crippen LogP contribution in [0.4, 0.5) is 5.69 Å². The Balaban J connectivity index is 1.76. The Labute approximate surface area is 127 Å². The van der Waals surface area contributed by atoms with Crippen LogP contribution in [0.3, 0.4) is 0 Å². The van der Waals surface area contributed by atoms with Crippen molar-refractivity contribution in [2.45, 2.75) is 51.5 Å². The van der Waals surface area contributed by atoms with Gasteiger partial charge in [0.2, 0.25) is 5.91 Å². The predicted molar refractivity (Wildman–Crippen MR) is 86.5 cm³/mol. The minimum absolute atomic E-state index is 0.0376. The third kappa shape index (κ3) is 2.92. The Morgan fingerprint density at radius 3 is 2.71 bits per heavy atom. The van der Waals surface area contributed by atoms with Crippen LogP contribution in [0.15, 0.2) is 24.3 Å². The number of nitrogens with one attached hydrogen (secondary N) is 1. The number of rotatable bonds is 2. The van der Waals surface area contributed by atoms with Gasteiger partial charge in [-0.05, 0) is 43.7 Å². The summed E-state index contributed by atoms with van der Waals surface area (Å²) in [4.78, 5) is 15.1. The number of piperidine rings is 1. The zero-order chi connectivity index (χ0) is 14.8. The van der Waals surface area contributed by atoms with Crippen molar-refractivity contribution in [1.29, 1.82) is 0 Å². The van der Waals surface area contributed by atoms with Gasteiger partial charge in [0.1, 0.15) is 0 Å². The van der Waals surface area contributed by atoms with E-state index >= 15 is 0 Å². The first-order chi connectivity index (χ1) is 10.2. The zero-order valence-corrected chi connectivity index (χ0v) is 13.1. The van der Waals surface area contributed by atoms with E-state index in [4.69, 9.17) is 0 Å². The summed E-state index contributed by atoms with van der Waals surface area (Å²) in [6, 6.07) is 8.64. The molecule has 0 saturated carbocycles. The molecular formula is C18H26N2O. The van der Waals surface area contributed by atoms with Crippen LogP contribution >= 0.6 is 0 Å². The summed E-state index contributed by atoms with van der Waals surface area (Å²) >= 11 is 0. The average Bonchev–Trinajstić information content (AvgIpc) is 2.53. The molecule has 2 aliphatic heterocycles. The van der Waals surface area contributed by atoms with E-state index in [2.05, 4.69) is 36.2 Å². The lowest BCUT2D eigenvalue weighted by atomic mass is 9.85. The number of nitrogens with zero attached hydrogens (tertiary/aromatic N) is 1. The Hall–Kier alpha value is -1.51. The molecule has 2 heterocycles. The van der Waals surface area contributed by atoms with E-state index in [1.807, 2.05) is 12.1 Å². The van der Waals surface area contributed by atoms with Crippen molar-refractivity contribution in [3.05, 3.63) is 29.8 Å². The molecule has 2 unspecified atom stereocenters. The van der Waals surface area contributed by atoms with E-state index in [1.54, 1.807) is 0 Å². The molecular weight excluding hydrogens is 260 g/mol. The third-order valence-corrected chi connectivity index (χ3v) is 5.13. The number of carbonyl (C=O) groups is 1. The number of carbonyl (C=O) groups excluding carboxylic acids is 1. The number of hydrogen-bond donors (Lipinski definition) is 1. The monoisotopic (exact) mass is 286 g/mol. The van der Waals surface area contributed by atoms with E-state index in [9.17, 15) is 4.79 Å². The van der Waals surface area contributed by atoms with Crippen molar-refractivity contribution >= 4 is 11.6 Å². The Kier molecular flexibility index (Phi) is 4.18. The van der Waals surface area contributed by atoms with Crippen molar-refractivity contribution in [2.24, 2.45) is 5.92 Å². The molecule has 1 amide bonds. The number of benzene rings is 1. The molecule has 21 heavy (non-hydrogen) atoms. The summed E-state index contributed by atoms with van der Waals surface area (Å²) in [6.45, 7) is 6.31. The number of fused-ring (bicyclic) bond motifs is 1. The molecule has 0 aromatic heterocycles. The van der Waals surface area contributed by atoms with E-state index in [0.717, 1.165) is 31.1 Å². The summed E-state index contributed by atoms with van der Waals surface area (Å²) in [6.07, 6.45) is 4.49. The Morgan fingerprint density at radius 1 is 1.29 bits per heavy atom. The highest BCUT2D eigenvalue weighted by molar-refractivity contribution is 5.86. The second-order valence-corrected chi connectivity index (χ2v) is 6.60. The molecule has 1 fully saturated rings. The molecule has 3 rings (SSSR count). The van der Waals surface area contributed by atoms with Gasteiger partial charge in [-0.2, -0.15) is 0 Å². The van der Waals surface area contributed by atoms with E-state index in [0.29, 0.717) is 11.9 Å². The lowest BCUT2D eigenvalue weighted by Crippen LogP contribution is -2.43. The zero-order valence-electron chi connectivity index (χ0n) is 13.1. The summed E-state index contributed by atoms with van der Waals surface area (Å²) in [5, 5.41) is 3.49. The maximum atomic E-state index is 13.0. The SMILES string of the molecule is CCC1CCN(C(=O)C2CC(C)Nc3ccccc32)CC1. The number of hydrogen-bond acceptors (Lipinski definition) is 2. The summed E-state index contributed by atoms with van der Waals surface area (Å²) in [5.41, 5.74) is 2.32. The second-order valence-electron chi connectivity index (χ2n) is 6.60. The fourth-order valence-corrected chi connectivity index (χ4v) is 3.75. The molecule has 1 aromatic rings. The largest absolute Gasteiger partial charge is 0.382 e. The van der Waals surface area contributed by atoms with Crippen molar-refractivity contribution < 1.29 is 4.79 Å². The quantitative estimate of drug-likeness (QED) is 0.900. The lowest BCUT2D eigenvalue weighted by molar-refractivity contribution is -0.134. The fraction of sp³-hybridized carbons (Fsp3) is 0.611. The van der Waals surface area contributed by atoms with Gasteiger partial charge in [-0.3, -0.25) is 4.79 Å². The van der Waals surface area contributed by atoms with Crippen LogP contribution in [0, 0.1) is 5.92 Å². The molecule has 1 aromatic carbocycles. The van der Waals surface area contributed by atoms with Gasteiger partial charge in [0, 0.05) is 24.8 Å². The normalized spacial score (nSPS) is 26.1. The summed E-state index contributed by atoms with van der Waals surface area (Å²) in [7, 11) is 0. The number of para-hydroxylation sites is 1. The van der Waals surface area contributed by atoms with Crippen LogP contribution in [0.25, 0.3) is 0 Å². The Morgan fingerprint density at radius 2 is 2.00 bits per heavy atom. The first-order valence-electron chi connectivity index (χ1n) is 8.33. The van der Waals surface area contributed by atoms with Gasteiger partial charge in [0.15, 0.2) is 0 Å². The van der Waals surface area contributed by atoms with Gasteiger partial charge in [-0.25, -0.2) is 0 Å². The molecule has 0 spiro atoms. The van der Waals surface area contributed by atoms with Gasteiger partial charge in [-0.15, -0.1) is 0 Å². The first kappa shape index (κ1) is 14.4. The number of likely N-dealkylation sites (tertiary alicyclic amines) is 1. The van der Waals surface area contributed by atoms with Crippen LogP contribution in [0.2, 0.25) is 0 Å². The maximum absolute atomic E-state index is 13.0. The lowest BCUT2D eigenvalue weighted by Gasteiger charge is -2.37. The molecule has 1 N–H and O–H groups in total. The van der Waals surface area contributed by atoms with Gasteiger partial charge in [0.25, 0.3) is 0 Å². The molecule has 0 aliphatic carbocycles. The van der Waals surface area contributed by atoms with Crippen molar-refractivity contribution in [1.82, 2.24) is 4.90 Å². The second kappa shape index (κ2) is 6.08. The van der Waals surface area contributed by atoms with Crippen molar-refractivity contribution in [3.63, 3.8) is 0 Å². The predicted octanol–water partition coefficient (Wildman–Crippen LogP) is 3.62. The molecule has 2 aliphatic rings. The van der Waals surface area contributed by atoms with Crippen LogP contribution < -0.4 is 5.32 Å². The average molecular weight is 286 g/mol. The molecule has 0 bridgehead atoms. The highest BCUT2D eigenvalue weighted by Gasteiger charge is 2.33. The van der Waals surface area contributed by atoms with Crippen molar-refractivity contribution in [2.75, 3.05) is 18.4 Å². The van der Waals surface area contributed by atoms with Gasteiger partial charge in [0.05, 0.1) is 5.92 Å². The van der Waals surface area contributed by atoms with Gasteiger partial charge < -0.3 is 10.2 Å². The topological polar surface area (TPSA) is 32.3 Å². The van der Waals surface area contributed by atoms with Crippen LogP contribution in [-0.4, -0.2) is 29.9 Å². The third-order valence-electron chi connectivity index (χ3n) is 5.13. The van der Waals surface area contributed by atoms with E-state index in [-0.39, 0.29) is 5.92 Å². The minimum atomic E-state index is 0.0376. The Bertz CT molecular complexity index is 506. The van der Waals surface area contributed by atoms with Gasteiger partial charge >= 0.3 is 0 Å². The number of anilines is 1. The molecule has 3 heteroatoms. The van der Waals surface area contributed by atoms with Gasteiger partial charge in [-0.1, -0.05) is 31.5 Å². The summed E-state index contributed by atoms with van der Waals surface area (Å²) in [5.74, 6) is 1.19. The van der Waals surface area contributed by atoms with Crippen LogP contribution in [-0.2, 0) is 4.79 Å². The van der Waals surface area contributed by atoms with E-state index in [1.165, 1.54) is 24.8 Å². The highest BCUT2D eigenvalue weighted by atomic mass is 16.2. The maximum Gasteiger partial charge on any atom is 0.230 e. The fourth-order valence-electron chi connectivity index (χ4n) is 3.75. The van der Waals surface area contributed by atoms with Crippen molar-refractivity contribution in [3.8, 4) is 0 Å². The molecule has 1 saturated heterocycles. The highest BCUT2D eigenvalue weighted by Crippen LogP contribution is 2.36. The van der Waals surface area contributed by atoms with E-state index < -0.39 is 0 Å². The molecule has 2 atom stereocenters. The standard InChI is InChI=1S/C18H26N2O/c1-3-14-8-10-20(11-9-14)18(21)16-12-13(2)19-17-7-5-4-6-15(16)17/h4-7,13-14,16,19H,3,8-12H2,1-2H3. The summed E-state index contributed by atoms with van der Waals surface area (Å²) < 4.78 is 0. The van der Waals surface area contributed by atoms with Crippen LogP contribution in [0.1, 0.15) is 51.0 Å². The molecule has 3 nitrogen and oxygen atoms in total. The number of amides is 1. The molecule has 0 radical (unpaired) electrons. The molecule has 114 valence electrons.